The molecule has 0 aliphatic rings. The lowest BCUT2D eigenvalue weighted by molar-refractivity contribution is -0.387. The van der Waals surface area contributed by atoms with E-state index in [4.69, 9.17) is 5.14 Å². The largest absolute Gasteiger partial charge is 0.289 e. The first-order valence-electron chi connectivity index (χ1n) is 4.02. The molecule has 0 bridgehead atoms. The number of nitrogens with zero attached hydrogens (tertiary/aromatic N) is 1. The molecule has 0 spiro atoms. The number of primary sulfonamides is 1. The summed E-state index contributed by atoms with van der Waals surface area (Å²) in [5.74, 6) is 0. The standard InChI is InChI=1S/C8H10N2O4S/c1-5-3-6(2)8(15(9,13)14)7(4-5)10(11)12/h3-4H,1-2H3,(H2,9,13,14). The highest BCUT2D eigenvalue weighted by molar-refractivity contribution is 7.89. The van der Waals surface area contributed by atoms with Crippen LogP contribution in [0.15, 0.2) is 17.0 Å². The van der Waals surface area contributed by atoms with Crippen LogP contribution in [0.1, 0.15) is 11.1 Å². The number of nitro groups is 1. The minimum Gasteiger partial charge on any atom is -0.258 e. The van der Waals surface area contributed by atoms with E-state index in [9.17, 15) is 18.5 Å². The van der Waals surface area contributed by atoms with Crippen LogP contribution in [0, 0.1) is 24.0 Å². The zero-order chi connectivity index (χ0) is 11.8. The Morgan fingerprint density at radius 2 is 1.87 bits per heavy atom. The highest BCUT2D eigenvalue weighted by Crippen LogP contribution is 2.27. The quantitative estimate of drug-likeness (QED) is 0.601. The van der Waals surface area contributed by atoms with Crippen LogP contribution in [-0.4, -0.2) is 13.3 Å². The van der Waals surface area contributed by atoms with E-state index < -0.39 is 25.5 Å². The molecule has 15 heavy (non-hydrogen) atoms. The van der Waals surface area contributed by atoms with E-state index in [1.54, 1.807) is 6.92 Å². The fraction of sp³-hybridized carbons (Fsp3) is 0.250. The third-order valence-electron chi connectivity index (χ3n) is 1.88. The third kappa shape index (κ3) is 2.31. The van der Waals surface area contributed by atoms with Crippen LogP contribution in [0.2, 0.25) is 0 Å². The molecule has 0 aliphatic carbocycles. The lowest BCUT2D eigenvalue weighted by Gasteiger charge is -2.05. The Kier molecular flexibility index (Phi) is 2.78. The van der Waals surface area contributed by atoms with Gasteiger partial charge in [0.05, 0.1) is 4.92 Å². The molecule has 0 unspecified atom stereocenters. The molecule has 1 aromatic rings. The van der Waals surface area contributed by atoms with Crippen LogP contribution >= 0.6 is 0 Å². The highest BCUT2D eigenvalue weighted by Gasteiger charge is 2.25. The lowest BCUT2D eigenvalue weighted by Crippen LogP contribution is -2.16. The summed E-state index contributed by atoms with van der Waals surface area (Å²) < 4.78 is 22.3. The molecule has 0 aromatic heterocycles. The Morgan fingerprint density at radius 1 is 1.33 bits per heavy atom. The number of nitrogens with two attached hydrogens (primary N) is 1. The van der Waals surface area contributed by atoms with Gasteiger partial charge in [-0.05, 0) is 25.0 Å². The fourth-order valence-corrected chi connectivity index (χ4v) is 2.37. The number of benzene rings is 1. The summed E-state index contributed by atoms with van der Waals surface area (Å²) in [5, 5.41) is 15.6. The first-order chi connectivity index (χ1) is 6.73. The molecule has 0 fully saturated rings. The Bertz CT molecular complexity index is 522. The van der Waals surface area contributed by atoms with Crippen molar-refractivity contribution >= 4 is 15.7 Å². The summed E-state index contributed by atoms with van der Waals surface area (Å²) in [5.41, 5.74) is 0.422. The number of nitro benzene ring substituents is 1. The number of rotatable bonds is 2. The fourth-order valence-electron chi connectivity index (χ4n) is 1.44. The minimum absolute atomic E-state index is 0.282. The van der Waals surface area contributed by atoms with Crippen molar-refractivity contribution in [1.82, 2.24) is 0 Å². The lowest BCUT2D eigenvalue weighted by atomic mass is 10.1. The third-order valence-corrected chi connectivity index (χ3v) is 2.98. The van der Waals surface area contributed by atoms with Crippen molar-refractivity contribution in [1.29, 1.82) is 0 Å². The second-order valence-electron chi connectivity index (χ2n) is 3.23. The van der Waals surface area contributed by atoms with Crippen LogP contribution in [0.5, 0.6) is 0 Å². The molecule has 6 nitrogen and oxygen atoms in total. The molecule has 2 N–H and O–H groups in total. The van der Waals surface area contributed by atoms with Crippen LogP contribution in [0.3, 0.4) is 0 Å². The Balaban J connectivity index is 3.70. The number of hydrogen-bond acceptors (Lipinski definition) is 4. The average molecular weight is 230 g/mol. The number of hydrogen-bond donors (Lipinski definition) is 1. The van der Waals surface area contributed by atoms with E-state index in [1.807, 2.05) is 0 Å². The van der Waals surface area contributed by atoms with Gasteiger partial charge in [-0.25, -0.2) is 13.6 Å². The smallest absolute Gasteiger partial charge is 0.258 e. The van der Waals surface area contributed by atoms with E-state index in [2.05, 4.69) is 0 Å². The van der Waals surface area contributed by atoms with Crippen LogP contribution < -0.4 is 5.14 Å². The molecule has 1 aromatic carbocycles. The maximum absolute atomic E-state index is 11.2. The molecule has 0 amide bonds. The first-order valence-corrected chi connectivity index (χ1v) is 5.56. The number of aryl methyl sites for hydroxylation is 2. The average Bonchev–Trinajstić information content (AvgIpc) is 1.99. The van der Waals surface area contributed by atoms with Gasteiger partial charge < -0.3 is 0 Å². The van der Waals surface area contributed by atoms with Crippen molar-refractivity contribution in [3.05, 3.63) is 33.4 Å². The van der Waals surface area contributed by atoms with Gasteiger partial charge in [-0.15, -0.1) is 0 Å². The Morgan fingerprint density at radius 3 is 2.27 bits per heavy atom. The van der Waals surface area contributed by atoms with Crippen molar-refractivity contribution in [2.24, 2.45) is 5.14 Å². The van der Waals surface area contributed by atoms with Gasteiger partial charge in [-0.1, -0.05) is 6.07 Å². The second-order valence-corrected chi connectivity index (χ2v) is 4.73. The maximum atomic E-state index is 11.2. The first kappa shape index (κ1) is 11.6. The van der Waals surface area contributed by atoms with Crippen LogP contribution in [-0.2, 0) is 10.0 Å². The van der Waals surface area contributed by atoms with Crippen molar-refractivity contribution in [3.8, 4) is 0 Å². The number of sulfonamides is 1. The molecule has 0 saturated carbocycles. The van der Waals surface area contributed by atoms with Gasteiger partial charge in [0.1, 0.15) is 0 Å². The molecule has 0 saturated heterocycles. The van der Waals surface area contributed by atoms with E-state index in [0.29, 0.717) is 5.56 Å². The van der Waals surface area contributed by atoms with Gasteiger partial charge in [0.2, 0.25) is 10.0 Å². The summed E-state index contributed by atoms with van der Waals surface area (Å²) in [6, 6.07) is 2.72. The Hall–Kier alpha value is -1.47. The van der Waals surface area contributed by atoms with E-state index in [1.165, 1.54) is 19.1 Å². The summed E-state index contributed by atoms with van der Waals surface area (Å²) in [7, 11) is -4.07. The van der Waals surface area contributed by atoms with Gasteiger partial charge in [-0.2, -0.15) is 0 Å². The van der Waals surface area contributed by atoms with Crippen molar-refractivity contribution < 1.29 is 13.3 Å². The molecule has 0 aliphatic heterocycles. The predicted molar refractivity (Wildman–Crippen MR) is 53.9 cm³/mol. The summed E-state index contributed by atoms with van der Waals surface area (Å²) in [6.45, 7) is 3.12. The van der Waals surface area contributed by atoms with Crippen LogP contribution in [0.4, 0.5) is 5.69 Å². The SMILES string of the molecule is Cc1cc(C)c(S(N)(=O)=O)c([N+](=O)[O-])c1. The van der Waals surface area contributed by atoms with Gasteiger partial charge >= 0.3 is 0 Å². The van der Waals surface area contributed by atoms with Crippen molar-refractivity contribution in [2.45, 2.75) is 18.7 Å². The van der Waals surface area contributed by atoms with Crippen molar-refractivity contribution in [3.63, 3.8) is 0 Å². The van der Waals surface area contributed by atoms with E-state index >= 15 is 0 Å². The van der Waals surface area contributed by atoms with Gasteiger partial charge in [0, 0.05) is 6.07 Å². The normalized spacial score (nSPS) is 11.4. The zero-order valence-electron chi connectivity index (χ0n) is 8.22. The van der Waals surface area contributed by atoms with Crippen molar-refractivity contribution in [2.75, 3.05) is 0 Å². The van der Waals surface area contributed by atoms with E-state index in [-0.39, 0.29) is 5.56 Å². The predicted octanol–water partition coefficient (Wildman–Crippen LogP) is 0.859. The summed E-state index contributed by atoms with van der Waals surface area (Å²) in [6.07, 6.45) is 0. The van der Waals surface area contributed by atoms with Gasteiger partial charge in [0.25, 0.3) is 5.69 Å². The molecule has 7 heteroatoms. The molecule has 0 heterocycles. The summed E-state index contributed by atoms with van der Waals surface area (Å²) in [4.78, 5) is 9.49. The molecule has 82 valence electrons. The summed E-state index contributed by atoms with van der Waals surface area (Å²) >= 11 is 0. The highest BCUT2D eigenvalue weighted by atomic mass is 32.2. The van der Waals surface area contributed by atoms with Crippen LogP contribution in [0.25, 0.3) is 0 Å². The molecule has 0 radical (unpaired) electrons. The maximum Gasteiger partial charge on any atom is 0.289 e. The van der Waals surface area contributed by atoms with E-state index in [0.717, 1.165) is 0 Å². The van der Waals surface area contributed by atoms with Gasteiger partial charge in [-0.3, -0.25) is 10.1 Å². The monoisotopic (exact) mass is 230 g/mol. The minimum atomic E-state index is -4.07. The molecular weight excluding hydrogens is 220 g/mol. The topological polar surface area (TPSA) is 103 Å². The van der Waals surface area contributed by atoms with Gasteiger partial charge in [0.15, 0.2) is 4.90 Å². The molecule has 1 rings (SSSR count). The molecular formula is C8H10N2O4S. The zero-order valence-corrected chi connectivity index (χ0v) is 9.04. The Labute approximate surface area is 86.9 Å². The second kappa shape index (κ2) is 3.59. The molecule has 0 atom stereocenters.